The molecule has 0 aliphatic rings. The van der Waals surface area contributed by atoms with Gasteiger partial charge in [-0.25, -0.2) is 0 Å². The first-order valence-corrected chi connectivity index (χ1v) is 4.22. The minimum Gasteiger partial charge on any atom is -0.495 e. The van der Waals surface area contributed by atoms with Crippen LogP contribution in [0.2, 0.25) is 0 Å². The van der Waals surface area contributed by atoms with Gasteiger partial charge >= 0.3 is 0 Å². The molecule has 0 aromatic carbocycles. The Bertz CT molecular complexity index is 284. The third kappa shape index (κ3) is 1.98. The highest BCUT2D eigenvalue weighted by Gasteiger charge is 2.24. The van der Waals surface area contributed by atoms with Crippen LogP contribution in [0.3, 0.4) is 0 Å². The van der Waals surface area contributed by atoms with E-state index < -0.39 is 0 Å². The molecule has 1 aromatic heterocycles. The zero-order chi connectivity index (χ0) is 9.90. The van der Waals surface area contributed by atoms with Gasteiger partial charge in [0.2, 0.25) is 0 Å². The first-order valence-electron chi connectivity index (χ1n) is 4.22. The van der Waals surface area contributed by atoms with Gasteiger partial charge in [0.25, 0.3) is 0 Å². The lowest BCUT2D eigenvalue weighted by Crippen LogP contribution is -2.24. The molecular formula is C10H15NO2. The molecule has 0 unspecified atom stereocenters. The monoisotopic (exact) mass is 181 g/mol. The lowest BCUT2D eigenvalue weighted by Gasteiger charge is -2.22. The summed E-state index contributed by atoms with van der Waals surface area (Å²) in [4.78, 5) is 4.21. The Hall–Kier alpha value is -1.09. The first kappa shape index (κ1) is 9.99. The normalized spacial score (nSPS) is 11.4. The number of hydrogen-bond donors (Lipinski definition) is 1. The Balaban J connectivity index is 3.12. The summed E-state index contributed by atoms with van der Waals surface area (Å²) in [5.74, 6) is 0.724. The number of ether oxygens (including phenoxy) is 1. The smallest absolute Gasteiger partial charge is 0.140 e. The van der Waals surface area contributed by atoms with Crippen molar-refractivity contribution in [2.45, 2.75) is 19.3 Å². The van der Waals surface area contributed by atoms with Crippen LogP contribution < -0.4 is 4.74 Å². The van der Waals surface area contributed by atoms with E-state index in [4.69, 9.17) is 4.74 Å². The van der Waals surface area contributed by atoms with Gasteiger partial charge in [0.05, 0.1) is 19.4 Å². The predicted molar refractivity (Wildman–Crippen MR) is 50.9 cm³/mol. The summed E-state index contributed by atoms with van der Waals surface area (Å²) in [6.45, 7) is 3.91. The standard InChI is InChI=1S/C10H15NO2/c1-10(2,7-12)9-8(13-3)5-4-6-11-9/h4-6,12H,7H2,1-3H3. The van der Waals surface area contributed by atoms with Crippen LogP contribution in [0.5, 0.6) is 5.75 Å². The van der Waals surface area contributed by atoms with Crippen molar-refractivity contribution in [1.29, 1.82) is 0 Å². The highest BCUT2D eigenvalue weighted by atomic mass is 16.5. The highest BCUT2D eigenvalue weighted by Crippen LogP contribution is 2.28. The van der Waals surface area contributed by atoms with Gasteiger partial charge in [-0.2, -0.15) is 0 Å². The molecule has 0 bridgehead atoms. The average Bonchev–Trinajstić information content (AvgIpc) is 2.18. The molecule has 0 amide bonds. The number of methoxy groups -OCH3 is 1. The second kappa shape index (κ2) is 3.75. The molecule has 1 N–H and O–H groups in total. The summed E-state index contributed by atoms with van der Waals surface area (Å²) >= 11 is 0. The molecule has 72 valence electrons. The molecule has 1 rings (SSSR count). The number of rotatable bonds is 3. The van der Waals surface area contributed by atoms with Gasteiger partial charge in [-0.05, 0) is 12.1 Å². The summed E-state index contributed by atoms with van der Waals surface area (Å²) in [6.07, 6.45) is 1.70. The van der Waals surface area contributed by atoms with Gasteiger partial charge in [-0.1, -0.05) is 13.8 Å². The molecule has 1 heterocycles. The maximum atomic E-state index is 9.17. The molecule has 0 radical (unpaired) electrons. The first-order chi connectivity index (χ1) is 6.11. The average molecular weight is 181 g/mol. The predicted octanol–water partition coefficient (Wildman–Crippen LogP) is 1.36. The molecule has 0 atom stereocenters. The van der Waals surface area contributed by atoms with Gasteiger partial charge in [0, 0.05) is 11.6 Å². The fourth-order valence-electron chi connectivity index (χ4n) is 1.14. The zero-order valence-corrected chi connectivity index (χ0v) is 8.24. The number of aliphatic hydroxyl groups is 1. The SMILES string of the molecule is COc1cccnc1C(C)(C)CO. The molecule has 3 heteroatoms. The number of aliphatic hydroxyl groups excluding tert-OH is 1. The van der Waals surface area contributed by atoms with Crippen molar-refractivity contribution in [2.75, 3.05) is 13.7 Å². The van der Waals surface area contributed by atoms with E-state index in [1.807, 2.05) is 26.0 Å². The molecule has 0 saturated heterocycles. The molecule has 0 saturated carbocycles. The summed E-state index contributed by atoms with van der Waals surface area (Å²) in [6, 6.07) is 3.66. The van der Waals surface area contributed by atoms with Crippen molar-refractivity contribution in [3.8, 4) is 5.75 Å². The zero-order valence-electron chi connectivity index (χ0n) is 8.24. The Morgan fingerprint density at radius 3 is 2.77 bits per heavy atom. The number of nitrogens with zero attached hydrogens (tertiary/aromatic N) is 1. The van der Waals surface area contributed by atoms with Gasteiger partial charge < -0.3 is 9.84 Å². The lowest BCUT2D eigenvalue weighted by atomic mass is 9.89. The highest BCUT2D eigenvalue weighted by molar-refractivity contribution is 5.32. The van der Waals surface area contributed by atoms with Gasteiger partial charge in [0.1, 0.15) is 5.75 Å². The van der Waals surface area contributed by atoms with Crippen molar-refractivity contribution in [1.82, 2.24) is 4.98 Å². The van der Waals surface area contributed by atoms with Crippen molar-refractivity contribution >= 4 is 0 Å². The maximum absolute atomic E-state index is 9.17. The molecule has 0 fully saturated rings. The van der Waals surface area contributed by atoms with E-state index in [-0.39, 0.29) is 12.0 Å². The minimum atomic E-state index is -0.355. The van der Waals surface area contributed by atoms with Crippen molar-refractivity contribution in [2.24, 2.45) is 0 Å². The van der Waals surface area contributed by atoms with Gasteiger partial charge in [0.15, 0.2) is 0 Å². The van der Waals surface area contributed by atoms with E-state index in [1.54, 1.807) is 13.3 Å². The molecule has 0 aliphatic carbocycles. The topological polar surface area (TPSA) is 42.4 Å². The van der Waals surface area contributed by atoms with Crippen LogP contribution in [0.1, 0.15) is 19.5 Å². The van der Waals surface area contributed by atoms with Gasteiger partial charge in [-0.3, -0.25) is 4.98 Å². The number of pyridine rings is 1. The van der Waals surface area contributed by atoms with E-state index >= 15 is 0 Å². The third-order valence-electron chi connectivity index (χ3n) is 2.03. The van der Waals surface area contributed by atoms with Gasteiger partial charge in [-0.15, -0.1) is 0 Å². The fraction of sp³-hybridized carbons (Fsp3) is 0.500. The largest absolute Gasteiger partial charge is 0.495 e. The van der Waals surface area contributed by atoms with Crippen LogP contribution in [-0.4, -0.2) is 23.8 Å². The van der Waals surface area contributed by atoms with Crippen LogP contribution in [-0.2, 0) is 5.41 Å². The Kier molecular flexibility index (Phi) is 2.88. The second-order valence-corrected chi connectivity index (χ2v) is 3.60. The van der Waals surface area contributed by atoms with E-state index in [0.717, 1.165) is 11.4 Å². The Morgan fingerprint density at radius 1 is 1.54 bits per heavy atom. The summed E-state index contributed by atoms with van der Waals surface area (Å²) in [7, 11) is 1.61. The number of aromatic nitrogens is 1. The summed E-state index contributed by atoms with van der Waals surface area (Å²) in [5, 5.41) is 9.17. The van der Waals surface area contributed by atoms with Crippen LogP contribution in [0.4, 0.5) is 0 Å². The maximum Gasteiger partial charge on any atom is 0.140 e. The second-order valence-electron chi connectivity index (χ2n) is 3.60. The van der Waals surface area contributed by atoms with Crippen LogP contribution in [0.15, 0.2) is 18.3 Å². The van der Waals surface area contributed by atoms with Crippen LogP contribution >= 0.6 is 0 Å². The van der Waals surface area contributed by atoms with Crippen LogP contribution in [0.25, 0.3) is 0 Å². The molecule has 0 aliphatic heterocycles. The third-order valence-corrected chi connectivity index (χ3v) is 2.03. The molecule has 0 spiro atoms. The Morgan fingerprint density at radius 2 is 2.23 bits per heavy atom. The molecule has 1 aromatic rings. The molecular weight excluding hydrogens is 166 g/mol. The van der Waals surface area contributed by atoms with Crippen molar-refractivity contribution in [3.63, 3.8) is 0 Å². The van der Waals surface area contributed by atoms with E-state index in [0.29, 0.717) is 0 Å². The number of hydrogen-bond acceptors (Lipinski definition) is 3. The lowest BCUT2D eigenvalue weighted by molar-refractivity contribution is 0.211. The quantitative estimate of drug-likeness (QED) is 0.765. The van der Waals surface area contributed by atoms with Crippen molar-refractivity contribution < 1.29 is 9.84 Å². The Labute approximate surface area is 78.4 Å². The molecule has 3 nitrogen and oxygen atoms in total. The summed E-state index contributed by atoms with van der Waals surface area (Å²) in [5.41, 5.74) is 0.437. The minimum absolute atomic E-state index is 0.0559. The summed E-state index contributed by atoms with van der Waals surface area (Å²) < 4.78 is 5.16. The van der Waals surface area contributed by atoms with Crippen molar-refractivity contribution in [3.05, 3.63) is 24.0 Å². The van der Waals surface area contributed by atoms with E-state index in [1.165, 1.54) is 0 Å². The fourth-order valence-corrected chi connectivity index (χ4v) is 1.14. The molecule has 13 heavy (non-hydrogen) atoms. The van der Waals surface area contributed by atoms with E-state index in [2.05, 4.69) is 4.98 Å². The van der Waals surface area contributed by atoms with Crippen LogP contribution in [0, 0.1) is 0 Å². The van der Waals surface area contributed by atoms with E-state index in [9.17, 15) is 5.11 Å².